The summed E-state index contributed by atoms with van der Waals surface area (Å²) < 4.78 is 0. The highest BCUT2D eigenvalue weighted by molar-refractivity contribution is 4.64. The van der Waals surface area contributed by atoms with Gasteiger partial charge >= 0.3 is 0 Å². The molecule has 0 aliphatic carbocycles. The van der Waals surface area contributed by atoms with Crippen molar-refractivity contribution in [3.63, 3.8) is 0 Å². The van der Waals surface area contributed by atoms with Crippen molar-refractivity contribution in [2.75, 3.05) is 0 Å². The quantitative estimate of drug-likeness (QED) is 0.495. The molecule has 11 heavy (non-hydrogen) atoms. The Morgan fingerprint density at radius 2 is 1.91 bits per heavy atom. The van der Waals surface area contributed by atoms with Crippen LogP contribution in [0, 0.1) is 16.0 Å². The maximum atomic E-state index is 10.2. The number of aliphatic hydroxyl groups excluding tert-OH is 1. The molecule has 0 rings (SSSR count). The lowest BCUT2D eigenvalue weighted by molar-refractivity contribution is -0.530. The number of aliphatic hydroxyl groups is 1. The van der Waals surface area contributed by atoms with E-state index in [0.29, 0.717) is 12.3 Å². The second kappa shape index (κ2) is 4.28. The van der Waals surface area contributed by atoms with Gasteiger partial charge in [0.15, 0.2) is 0 Å². The van der Waals surface area contributed by atoms with Crippen LogP contribution in [0.25, 0.3) is 0 Å². The Balaban J connectivity index is 3.82. The molecule has 2 atom stereocenters. The van der Waals surface area contributed by atoms with Gasteiger partial charge in [0.25, 0.3) is 0 Å². The van der Waals surface area contributed by atoms with Crippen molar-refractivity contribution in [2.24, 2.45) is 5.92 Å². The zero-order valence-corrected chi connectivity index (χ0v) is 7.15. The van der Waals surface area contributed by atoms with Crippen molar-refractivity contribution in [3.05, 3.63) is 10.1 Å². The lowest BCUT2D eigenvalue weighted by Crippen LogP contribution is -2.31. The second-order valence-corrected chi connectivity index (χ2v) is 3.22. The van der Waals surface area contributed by atoms with Gasteiger partial charge in [0, 0.05) is 11.8 Å². The number of nitrogens with zero attached hydrogens (tertiary/aromatic N) is 1. The predicted octanol–water partition coefficient (Wildman–Crippen LogP) is 1.06. The van der Waals surface area contributed by atoms with E-state index in [9.17, 15) is 15.2 Å². The van der Waals surface area contributed by atoms with E-state index >= 15 is 0 Å². The fourth-order valence-corrected chi connectivity index (χ4v) is 0.820. The Kier molecular flexibility index (Phi) is 4.03. The summed E-state index contributed by atoms with van der Waals surface area (Å²) in [6.07, 6.45) is -0.327. The van der Waals surface area contributed by atoms with E-state index in [2.05, 4.69) is 0 Å². The van der Waals surface area contributed by atoms with Crippen LogP contribution in [-0.2, 0) is 0 Å². The summed E-state index contributed by atoms with van der Waals surface area (Å²) in [5.74, 6) is 0.299. The first-order valence-electron chi connectivity index (χ1n) is 3.76. The molecule has 0 saturated heterocycles. The summed E-state index contributed by atoms with van der Waals surface area (Å²) in [5, 5.41) is 19.4. The summed E-state index contributed by atoms with van der Waals surface area (Å²) in [5.41, 5.74) is 0. The molecular weight excluding hydrogens is 146 g/mol. The zero-order chi connectivity index (χ0) is 9.02. The van der Waals surface area contributed by atoms with Crippen molar-refractivity contribution in [1.29, 1.82) is 0 Å². The van der Waals surface area contributed by atoms with Gasteiger partial charge in [-0.05, 0) is 12.3 Å². The molecule has 0 aliphatic heterocycles. The fourth-order valence-electron chi connectivity index (χ4n) is 0.820. The second-order valence-electron chi connectivity index (χ2n) is 3.22. The maximum absolute atomic E-state index is 10.2. The normalized spacial score (nSPS) is 16.5. The predicted molar refractivity (Wildman–Crippen MR) is 41.9 cm³/mol. The maximum Gasteiger partial charge on any atom is 0.235 e. The molecule has 1 N–H and O–H groups in total. The van der Waals surface area contributed by atoms with Crippen molar-refractivity contribution in [1.82, 2.24) is 0 Å². The first-order chi connectivity index (χ1) is 4.95. The molecule has 0 spiro atoms. The Morgan fingerprint density at radius 1 is 1.45 bits per heavy atom. The van der Waals surface area contributed by atoms with Gasteiger partial charge in [0.05, 0.1) is 0 Å². The molecule has 0 amide bonds. The van der Waals surface area contributed by atoms with Crippen LogP contribution in [-0.4, -0.2) is 22.2 Å². The molecule has 4 heteroatoms. The van der Waals surface area contributed by atoms with E-state index in [4.69, 9.17) is 0 Å². The van der Waals surface area contributed by atoms with Crippen molar-refractivity contribution < 1.29 is 10.0 Å². The molecular formula is C7H15NO3. The Bertz CT molecular complexity index is 136. The largest absolute Gasteiger partial charge is 0.386 e. The van der Waals surface area contributed by atoms with Gasteiger partial charge < -0.3 is 5.11 Å². The third kappa shape index (κ3) is 3.93. The summed E-state index contributed by atoms with van der Waals surface area (Å²) >= 11 is 0. The van der Waals surface area contributed by atoms with Crippen LogP contribution in [0.5, 0.6) is 0 Å². The van der Waals surface area contributed by atoms with E-state index < -0.39 is 17.1 Å². The molecule has 0 radical (unpaired) electrons. The average Bonchev–Trinajstić information content (AvgIpc) is 1.84. The van der Waals surface area contributed by atoms with Crippen LogP contribution < -0.4 is 0 Å². The van der Waals surface area contributed by atoms with Gasteiger partial charge in [-0.1, -0.05) is 13.8 Å². The average molecular weight is 161 g/mol. The van der Waals surface area contributed by atoms with Crippen LogP contribution >= 0.6 is 0 Å². The zero-order valence-electron chi connectivity index (χ0n) is 7.15. The van der Waals surface area contributed by atoms with Crippen LogP contribution in [0.4, 0.5) is 0 Å². The van der Waals surface area contributed by atoms with Crippen LogP contribution in [0.2, 0.25) is 0 Å². The molecule has 4 nitrogen and oxygen atoms in total. The van der Waals surface area contributed by atoms with Gasteiger partial charge in [0.2, 0.25) is 6.04 Å². The summed E-state index contributed by atoms with van der Waals surface area (Å²) in [6.45, 7) is 5.28. The van der Waals surface area contributed by atoms with Crippen LogP contribution in [0.15, 0.2) is 0 Å². The molecule has 0 aliphatic rings. The molecule has 0 aromatic carbocycles. The van der Waals surface area contributed by atoms with E-state index in [1.807, 2.05) is 13.8 Å². The first-order valence-corrected chi connectivity index (χ1v) is 3.76. The molecule has 0 unspecified atom stereocenters. The van der Waals surface area contributed by atoms with Crippen LogP contribution in [0.1, 0.15) is 27.2 Å². The molecule has 0 aromatic rings. The highest BCUT2D eigenvalue weighted by Crippen LogP contribution is 2.09. The summed E-state index contributed by atoms with van der Waals surface area (Å²) in [4.78, 5) is 9.72. The first kappa shape index (κ1) is 10.4. The lowest BCUT2D eigenvalue weighted by Gasteiger charge is -2.13. The molecule has 0 bridgehead atoms. The molecule has 0 aromatic heterocycles. The van der Waals surface area contributed by atoms with Crippen molar-refractivity contribution >= 4 is 0 Å². The smallest absolute Gasteiger partial charge is 0.235 e. The number of hydrogen-bond donors (Lipinski definition) is 1. The Morgan fingerprint density at radius 3 is 2.18 bits per heavy atom. The van der Waals surface area contributed by atoms with E-state index in [1.54, 1.807) is 0 Å². The third-order valence-corrected chi connectivity index (χ3v) is 1.60. The molecule has 0 fully saturated rings. The van der Waals surface area contributed by atoms with E-state index in [1.165, 1.54) is 6.92 Å². The van der Waals surface area contributed by atoms with Gasteiger partial charge in [0.1, 0.15) is 6.10 Å². The third-order valence-electron chi connectivity index (χ3n) is 1.60. The van der Waals surface area contributed by atoms with Crippen molar-refractivity contribution in [2.45, 2.75) is 39.3 Å². The highest BCUT2D eigenvalue weighted by atomic mass is 16.6. The topological polar surface area (TPSA) is 63.4 Å². The minimum absolute atomic E-state index is 0.299. The standard InChI is InChI=1S/C7H15NO3/c1-5(2)4-7(9)6(3)8(10)11/h5-7,9H,4H2,1-3H3/t6-,7-/m1/s1. The molecule has 66 valence electrons. The SMILES string of the molecule is CC(C)C[C@@H](O)[C@@H](C)[N+](=O)[O-]. The van der Waals surface area contributed by atoms with Crippen LogP contribution in [0.3, 0.4) is 0 Å². The number of nitro groups is 1. The minimum atomic E-state index is -0.850. The Hall–Kier alpha value is -0.640. The van der Waals surface area contributed by atoms with E-state index in [-0.39, 0.29) is 0 Å². The van der Waals surface area contributed by atoms with Gasteiger partial charge in [-0.25, -0.2) is 0 Å². The summed E-state index contributed by atoms with van der Waals surface area (Å²) in [6, 6.07) is -0.850. The minimum Gasteiger partial charge on any atom is -0.386 e. The van der Waals surface area contributed by atoms with Gasteiger partial charge in [-0.15, -0.1) is 0 Å². The van der Waals surface area contributed by atoms with Gasteiger partial charge in [-0.2, -0.15) is 0 Å². The van der Waals surface area contributed by atoms with Crippen molar-refractivity contribution in [3.8, 4) is 0 Å². The fraction of sp³-hybridized carbons (Fsp3) is 1.00. The molecule has 0 saturated carbocycles. The van der Waals surface area contributed by atoms with E-state index in [0.717, 1.165) is 0 Å². The Labute approximate surface area is 66.4 Å². The number of hydrogen-bond acceptors (Lipinski definition) is 3. The number of rotatable bonds is 4. The summed E-state index contributed by atoms with van der Waals surface area (Å²) in [7, 11) is 0. The lowest BCUT2D eigenvalue weighted by atomic mass is 10.0. The molecule has 0 heterocycles. The van der Waals surface area contributed by atoms with Gasteiger partial charge in [-0.3, -0.25) is 10.1 Å². The monoisotopic (exact) mass is 161 g/mol. The highest BCUT2D eigenvalue weighted by Gasteiger charge is 2.24.